The average molecular weight is 353 g/mol. The molecule has 116 valence electrons. The molecule has 0 heterocycles. The molecule has 0 aliphatic heterocycles. The first-order chi connectivity index (χ1) is 9.48. The summed E-state index contributed by atoms with van der Waals surface area (Å²) >= 11 is 0. The lowest BCUT2D eigenvalue weighted by atomic mass is 10.2. The highest BCUT2D eigenvalue weighted by molar-refractivity contribution is 6.53. The highest BCUT2D eigenvalue weighted by atomic mass is 28.3. The van der Waals surface area contributed by atoms with Crippen molar-refractivity contribution >= 4 is 38.1 Å². The summed E-state index contributed by atoms with van der Waals surface area (Å²) in [5.74, 6) is 0. The second-order valence-electron chi connectivity index (χ2n) is 4.15. The fourth-order valence-corrected chi connectivity index (χ4v) is 7.52. The molecule has 0 saturated heterocycles. The summed E-state index contributed by atoms with van der Waals surface area (Å²) in [6.45, 7) is 0. The lowest BCUT2D eigenvalue weighted by molar-refractivity contribution is 0.253. The van der Waals surface area contributed by atoms with E-state index in [-0.39, 0.29) is 5.04 Å². The molecule has 20 heavy (non-hydrogen) atoms. The smallest absolute Gasteiger partial charge is 0.384 e. The Balaban J connectivity index is 4.89. The molecule has 10 heteroatoms. The fourth-order valence-electron chi connectivity index (χ4n) is 1.70. The van der Waals surface area contributed by atoms with E-state index in [0.717, 1.165) is 18.1 Å². The largest absolute Gasteiger partial charge is 0.397 e. The van der Waals surface area contributed by atoms with Crippen molar-refractivity contribution in [3.05, 3.63) is 0 Å². The van der Waals surface area contributed by atoms with Crippen LogP contribution in [0.5, 0.6) is 0 Å². The first kappa shape index (κ1) is 20.6. The predicted molar refractivity (Wildman–Crippen MR) is 82.2 cm³/mol. The van der Waals surface area contributed by atoms with Crippen LogP contribution < -0.4 is 0 Å². The average Bonchev–Trinajstić information content (AvgIpc) is 2.48. The van der Waals surface area contributed by atoms with Crippen LogP contribution in [-0.4, -0.2) is 80.8 Å². The van der Waals surface area contributed by atoms with Gasteiger partial charge in [0.2, 0.25) is 0 Å². The summed E-state index contributed by atoms with van der Waals surface area (Å²) in [6, 6.07) is 2.26. The second kappa shape index (κ2) is 11.2. The number of hydrogen-bond donors (Lipinski definition) is 0. The van der Waals surface area contributed by atoms with Crippen molar-refractivity contribution in [1.82, 2.24) is 0 Å². The van der Waals surface area contributed by atoms with Crippen molar-refractivity contribution in [2.24, 2.45) is 0 Å². The molecule has 0 fully saturated rings. The van der Waals surface area contributed by atoms with Gasteiger partial charge in [0.25, 0.3) is 0 Å². The molecule has 0 amide bonds. The zero-order valence-corrected chi connectivity index (χ0v) is 17.1. The van der Waals surface area contributed by atoms with Gasteiger partial charge in [0.1, 0.15) is 0 Å². The van der Waals surface area contributed by atoms with Crippen molar-refractivity contribution < 1.29 is 26.6 Å². The summed E-state index contributed by atoms with van der Waals surface area (Å²) in [6.07, 6.45) is 0. The molecule has 0 saturated carbocycles. The molecular formula is C10H24O6Si4. The third-order valence-corrected chi connectivity index (χ3v) is 10.0. The Hall–Kier alpha value is 0.628. The van der Waals surface area contributed by atoms with Crippen LogP contribution in [0.1, 0.15) is 0 Å². The van der Waals surface area contributed by atoms with Crippen molar-refractivity contribution in [1.29, 1.82) is 0 Å². The Bertz CT molecular complexity index is 200. The zero-order valence-electron chi connectivity index (χ0n) is 13.1. The normalized spacial score (nSPS) is 12.9. The molecule has 0 aliphatic rings. The van der Waals surface area contributed by atoms with Crippen molar-refractivity contribution in [2.75, 3.05) is 42.7 Å². The Morgan fingerprint density at radius 1 is 0.600 bits per heavy atom. The molecule has 0 N–H and O–H groups in total. The van der Waals surface area contributed by atoms with E-state index < -0.39 is 27.9 Å². The SMILES string of the molecule is CO[Si](CC([Si])(C[Si](OC)OC)C[Si](OC)OC)OC. The van der Waals surface area contributed by atoms with Gasteiger partial charge in [-0.05, 0) is 23.2 Å². The lowest BCUT2D eigenvalue weighted by Crippen LogP contribution is -2.36. The van der Waals surface area contributed by atoms with Crippen LogP contribution in [0.3, 0.4) is 0 Å². The molecule has 0 aliphatic carbocycles. The Labute approximate surface area is 131 Å². The first-order valence-electron chi connectivity index (χ1n) is 6.05. The maximum atomic E-state index is 5.40. The van der Waals surface area contributed by atoms with E-state index in [1.807, 2.05) is 0 Å². The topological polar surface area (TPSA) is 55.4 Å². The van der Waals surface area contributed by atoms with Crippen LogP contribution in [0.15, 0.2) is 0 Å². The van der Waals surface area contributed by atoms with E-state index in [2.05, 4.69) is 10.2 Å². The third-order valence-electron chi connectivity index (χ3n) is 2.81. The second-order valence-corrected chi connectivity index (χ2v) is 11.0. The molecular weight excluding hydrogens is 328 g/mol. The molecule has 6 nitrogen and oxygen atoms in total. The molecule has 0 spiro atoms. The molecule has 0 bridgehead atoms. The highest BCUT2D eigenvalue weighted by Crippen LogP contribution is 2.41. The summed E-state index contributed by atoms with van der Waals surface area (Å²) in [5.41, 5.74) is 0. The van der Waals surface area contributed by atoms with Gasteiger partial charge in [-0.25, -0.2) is 0 Å². The maximum Gasteiger partial charge on any atom is 0.384 e. The molecule has 0 rings (SSSR count). The van der Waals surface area contributed by atoms with Crippen molar-refractivity contribution in [3.8, 4) is 0 Å². The Morgan fingerprint density at radius 3 is 0.950 bits per heavy atom. The van der Waals surface area contributed by atoms with Crippen LogP contribution in [0.2, 0.25) is 23.2 Å². The quantitative estimate of drug-likeness (QED) is 0.481. The van der Waals surface area contributed by atoms with E-state index >= 15 is 0 Å². The van der Waals surface area contributed by atoms with Gasteiger partial charge in [0.15, 0.2) is 0 Å². The van der Waals surface area contributed by atoms with Gasteiger partial charge in [-0.2, -0.15) is 0 Å². The van der Waals surface area contributed by atoms with E-state index in [1.165, 1.54) is 0 Å². The predicted octanol–water partition coefficient (Wildman–Crippen LogP) is 0.657. The monoisotopic (exact) mass is 352 g/mol. The van der Waals surface area contributed by atoms with Crippen LogP contribution in [0.25, 0.3) is 0 Å². The van der Waals surface area contributed by atoms with Gasteiger partial charge >= 0.3 is 27.9 Å². The van der Waals surface area contributed by atoms with Crippen LogP contribution in [0.4, 0.5) is 0 Å². The minimum Gasteiger partial charge on any atom is -0.397 e. The van der Waals surface area contributed by atoms with Crippen LogP contribution in [-0.2, 0) is 26.6 Å². The standard InChI is InChI=1S/C10H24O6Si4/c1-11-18(12-2)7-10(17,8-19(13-3)14-4)9-20(15-5)16-6/h7-9H2,1-6H3. The van der Waals surface area contributed by atoms with Gasteiger partial charge < -0.3 is 26.6 Å². The van der Waals surface area contributed by atoms with E-state index in [4.69, 9.17) is 26.6 Å². The van der Waals surface area contributed by atoms with Gasteiger partial charge in [-0.15, -0.1) is 0 Å². The van der Waals surface area contributed by atoms with Gasteiger partial charge in [-0.3, -0.25) is 0 Å². The first-order valence-corrected chi connectivity index (χ1v) is 11.1. The molecule has 6 radical (unpaired) electrons. The van der Waals surface area contributed by atoms with Crippen LogP contribution >= 0.6 is 0 Å². The van der Waals surface area contributed by atoms with Gasteiger partial charge in [0, 0.05) is 52.9 Å². The number of rotatable bonds is 12. The molecule has 0 unspecified atom stereocenters. The Morgan fingerprint density at radius 2 is 0.800 bits per heavy atom. The molecule has 0 atom stereocenters. The fraction of sp³-hybridized carbons (Fsp3) is 1.00. The minimum absolute atomic E-state index is 0.235. The van der Waals surface area contributed by atoms with E-state index in [1.54, 1.807) is 42.7 Å². The lowest BCUT2D eigenvalue weighted by Gasteiger charge is -2.33. The molecule has 0 aromatic heterocycles. The minimum atomic E-state index is -1.34. The summed E-state index contributed by atoms with van der Waals surface area (Å²) in [4.78, 5) is 0. The van der Waals surface area contributed by atoms with Crippen molar-refractivity contribution in [3.63, 3.8) is 0 Å². The summed E-state index contributed by atoms with van der Waals surface area (Å²) in [5, 5.41) is -0.235. The Kier molecular flexibility index (Phi) is 11.6. The number of hydrogen-bond acceptors (Lipinski definition) is 6. The summed E-state index contributed by atoms with van der Waals surface area (Å²) < 4.78 is 32.4. The molecule has 0 aromatic rings. The highest BCUT2D eigenvalue weighted by Gasteiger charge is 2.39. The van der Waals surface area contributed by atoms with E-state index in [0.29, 0.717) is 0 Å². The third kappa shape index (κ3) is 7.58. The molecule has 0 aromatic carbocycles. The van der Waals surface area contributed by atoms with Crippen LogP contribution in [0, 0.1) is 0 Å². The van der Waals surface area contributed by atoms with Gasteiger partial charge in [0.05, 0.1) is 0 Å². The maximum absolute atomic E-state index is 5.40. The van der Waals surface area contributed by atoms with Crippen molar-refractivity contribution in [2.45, 2.75) is 23.2 Å². The van der Waals surface area contributed by atoms with E-state index in [9.17, 15) is 0 Å². The zero-order chi connectivity index (χ0) is 15.6. The summed E-state index contributed by atoms with van der Waals surface area (Å²) in [7, 11) is 9.88. The van der Waals surface area contributed by atoms with Gasteiger partial charge in [-0.1, -0.05) is 0 Å².